The van der Waals surface area contributed by atoms with Crippen LogP contribution in [0.1, 0.15) is 27.4 Å². The van der Waals surface area contributed by atoms with Gasteiger partial charge in [-0.15, -0.1) is 0 Å². The molecule has 7 heteroatoms. The van der Waals surface area contributed by atoms with E-state index in [4.69, 9.17) is 4.98 Å². The van der Waals surface area contributed by atoms with Gasteiger partial charge in [0.1, 0.15) is 33.5 Å². The van der Waals surface area contributed by atoms with Gasteiger partial charge in [-0.3, -0.25) is 4.79 Å². The lowest BCUT2D eigenvalue weighted by atomic mass is 10.1. The van der Waals surface area contributed by atoms with Crippen LogP contribution in [-0.4, -0.2) is 25.7 Å². The number of hydrogen-bond acceptors (Lipinski definition) is 5. The fourth-order valence-electron chi connectivity index (χ4n) is 3.24. The van der Waals surface area contributed by atoms with Gasteiger partial charge in [-0.2, -0.15) is 0 Å². The zero-order valence-electron chi connectivity index (χ0n) is 13.8. The van der Waals surface area contributed by atoms with Gasteiger partial charge in [0.05, 0.1) is 20.3 Å². The van der Waals surface area contributed by atoms with Crippen molar-refractivity contribution < 1.29 is 4.79 Å². The van der Waals surface area contributed by atoms with Gasteiger partial charge in [0.25, 0.3) is 0 Å². The van der Waals surface area contributed by atoms with E-state index in [0.29, 0.717) is 38.0 Å². The predicted molar refractivity (Wildman–Crippen MR) is 106 cm³/mol. The maximum absolute atomic E-state index is 12.7. The number of fused-ring (bicyclic) bond motifs is 5. The molecule has 0 spiro atoms. The van der Waals surface area contributed by atoms with Crippen LogP contribution in [0.25, 0.3) is 33.3 Å². The summed E-state index contributed by atoms with van der Waals surface area (Å²) in [5, 5.41) is 0. The summed E-state index contributed by atoms with van der Waals surface area (Å²) < 4.78 is 1.42. The number of benzene rings is 2. The number of carbonyl (C=O) groups is 1. The van der Waals surface area contributed by atoms with E-state index in [1.54, 1.807) is 0 Å². The highest BCUT2D eigenvalue weighted by molar-refractivity contribution is 9.11. The fourth-order valence-corrected chi connectivity index (χ4v) is 4.34. The molecule has 0 aliphatic heterocycles. The molecule has 0 amide bonds. The molecular weight excluding hydrogens is 460 g/mol. The first-order chi connectivity index (χ1) is 12.5. The van der Waals surface area contributed by atoms with Crippen LogP contribution in [0, 0.1) is 13.8 Å². The molecule has 5 nitrogen and oxygen atoms in total. The van der Waals surface area contributed by atoms with E-state index in [0.717, 1.165) is 26.9 Å². The van der Waals surface area contributed by atoms with E-state index in [2.05, 4.69) is 46.8 Å². The number of halogens is 2. The number of ketones is 1. The third-order valence-corrected chi connectivity index (χ3v) is 6.18. The van der Waals surface area contributed by atoms with Gasteiger partial charge in [0.2, 0.25) is 5.78 Å². The first-order valence-electron chi connectivity index (χ1n) is 7.95. The molecule has 0 atom stereocenters. The molecule has 2 aromatic carbocycles. The summed E-state index contributed by atoms with van der Waals surface area (Å²) in [4.78, 5) is 31.5. The van der Waals surface area contributed by atoms with Crippen LogP contribution >= 0.6 is 31.9 Å². The number of aryl methyl sites for hydroxylation is 2. The molecule has 0 unspecified atom stereocenters. The Bertz CT molecular complexity index is 1300. The summed E-state index contributed by atoms with van der Waals surface area (Å²) >= 11 is 7.23. The molecule has 1 aliphatic carbocycles. The summed E-state index contributed by atoms with van der Waals surface area (Å²) in [6, 6.07) is 7.46. The second-order valence-corrected chi connectivity index (χ2v) is 7.80. The van der Waals surface area contributed by atoms with Crippen LogP contribution in [0.2, 0.25) is 0 Å². The number of carbonyl (C=O) groups excluding carboxylic acids is 1. The summed E-state index contributed by atoms with van der Waals surface area (Å²) in [7, 11) is 0. The van der Waals surface area contributed by atoms with Gasteiger partial charge < -0.3 is 0 Å². The van der Waals surface area contributed by atoms with Crippen molar-refractivity contribution in [3.63, 3.8) is 0 Å². The number of hydrogen-bond donors (Lipinski definition) is 0. The highest BCUT2D eigenvalue weighted by Gasteiger charge is 2.31. The van der Waals surface area contributed by atoms with Gasteiger partial charge in [0.15, 0.2) is 0 Å². The Kier molecular flexibility index (Phi) is 3.30. The molecule has 26 heavy (non-hydrogen) atoms. The summed E-state index contributed by atoms with van der Waals surface area (Å²) in [5.41, 5.74) is 6.83. The highest BCUT2D eigenvalue weighted by atomic mass is 79.9. The number of aromatic nitrogens is 4. The minimum Gasteiger partial charge on any atom is -0.287 e. The SMILES string of the molecule is Cc1nc2c(Br)c3nc4c(nc3c(Br)c2nc1C)-c1ccccc1C4=O. The van der Waals surface area contributed by atoms with Gasteiger partial charge in [-0.05, 0) is 45.7 Å². The smallest absolute Gasteiger partial charge is 0.214 e. The summed E-state index contributed by atoms with van der Waals surface area (Å²) in [6.45, 7) is 3.84. The Balaban J connectivity index is 1.96. The standard InChI is InChI=1S/C19H10Br2N4O/c1-7-8(2)23-15-12(21)17-16(11(20)14(15)22-7)24-13-9-5-3-4-6-10(9)19(26)18(13)25-17/h3-6H,1-2H3. The Morgan fingerprint density at radius 1 is 0.692 bits per heavy atom. The minimum atomic E-state index is -0.0979. The maximum atomic E-state index is 12.7. The molecule has 0 radical (unpaired) electrons. The molecule has 0 saturated heterocycles. The molecule has 2 heterocycles. The first-order valence-corrected chi connectivity index (χ1v) is 9.53. The van der Waals surface area contributed by atoms with Crippen molar-refractivity contribution >= 4 is 59.7 Å². The normalized spacial score (nSPS) is 12.7. The third-order valence-electron chi connectivity index (χ3n) is 4.68. The largest absolute Gasteiger partial charge is 0.287 e. The molecular formula is C19H10Br2N4O. The van der Waals surface area contributed by atoms with Crippen molar-refractivity contribution in [2.24, 2.45) is 0 Å². The Morgan fingerprint density at radius 2 is 1.15 bits per heavy atom. The fraction of sp³-hybridized carbons (Fsp3) is 0.105. The van der Waals surface area contributed by atoms with Crippen molar-refractivity contribution in [2.75, 3.05) is 0 Å². The lowest BCUT2D eigenvalue weighted by Crippen LogP contribution is -2.02. The van der Waals surface area contributed by atoms with Crippen LogP contribution in [0.5, 0.6) is 0 Å². The number of nitrogens with zero attached hydrogens (tertiary/aromatic N) is 4. The molecule has 0 N–H and O–H groups in total. The molecule has 4 aromatic rings. The zero-order chi connectivity index (χ0) is 18.2. The minimum absolute atomic E-state index is 0.0979. The van der Waals surface area contributed by atoms with E-state index in [-0.39, 0.29) is 5.78 Å². The quantitative estimate of drug-likeness (QED) is 0.301. The van der Waals surface area contributed by atoms with Crippen LogP contribution in [0.15, 0.2) is 33.2 Å². The average molecular weight is 470 g/mol. The Hall–Kier alpha value is -2.25. The zero-order valence-corrected chi connectivity index (χ0v) is 16.9. The lowest BCUT2D eigenvalue weighted by molar-refractivity contribution is 0.103. The van der Waals surface area contributed by atoms with Gasteiger partial charge in [0, 0.05) is 11.1 Å². The predicted octanol–water partition coefficient (Wildman–Crippen LogP) is 4.93. The van der Waals surface area contributed by atoms with E-state index in [1.165, 1.54) is 0 Å². The van der Waals surface area contributed by atoms with Crippen molar-refractivity contribution in [2.45, 2.75) is 13.8 Å². The van der Waals surface area contributed by atoms with Crippen LogP contribution in [0.4, 0.5) is 0 Å². The van der Waals surface area contributed by atoms with E-state index in [1.807, 2.05) is 38.1 Å². The van der Waals surface area contributed by atoms with Crippen LogP contribution < -0.4 is 0 Å². The van der Waals surface area contributed by atoms with E-state index >= 15 is 0 Å². The van der Waals surface area contributed by atoms with Gasteiger partial charge in [-0.25, -0.2) is 19.9 Å². The molecule has 1 aliphatic rings. The van der Waals surface area contributed by atoms with E-state index in [9.17, 15) is 4.79 Å². The second-order valence-electron chi connectivity index (χ2n) is 6.21. The third kappa shape index (κ3) is 1.98. The molecule has 0 fully saturated rings. The van der Waals surface area contributed by atoms with Gasteiger partial charge >= 0.3 is 0 Å². The topological polar surface area (TPSA) is 68.6 Å². The van der Waals surface area contributed by atoms with Crippen molar-refractivity contribution in [1.29, 1.82) is 0 Å². The maximum Gasteiger partial charge on any atom is 0.214 e. The molecule has 2 aromatic heterocycles. The Labute approximate surface area is 165 Å². The number of rotatable bonds is 0. The van der Waals surface area contributed by atoms with Crippen LogP contribution in [0.3, 0.4) is 0 Å². The molecule has 0 saturated carbocycles. The first kappa shape index (κ1) is 16.0. The monoisotopic (exact) mass is 468 g/mol. The van der Waals surface area contributed by atoms with Crippen molar-refractivity contribution in [1.82, 2.24) is 19.9 Å². The second kappa shape index (κ2) is 5.37. The summed E-state index contributed by atoms with van der Waals surface area (Å²) in [6.07, 6.45) is 0. The van der Waals surface area contributed by atoms with Crippen molar-refractivity contribution in [3.8, 4) is 11.3 Å². The van der Waals surface area contributed by atoms with Crippen LogP contribution in [-0.2, 0) is 0 Å². The van der Waals surface area contributed by atoms with Gasteiger partial charge in [-0.1, -0.05) is 24.3 Å². The lowest BCUT2D eigenvalue weighted by Gasteiger charge is -2.10. The molecule has 0 bridgehead atoms. The van der Waals surface area contributed by atoms with Crippen molar-refractivity contribution in [3.05, 3.63) is 55.9 Å². The molecule has 126 valence electrons. The van der Waals surface area contributed by atoms with E-state index < -0.39 is 0 Å². The molecule has 5 rings (SSSR count). The summed E-state index contributed by atoms with van der Waals surface area (Å²) in [5.74, 6) is -0.0979. The Morgan fingerprint density at radius 3 is 1.73 bits per heavy atom. The average Bonchev–Trinajstić information content (AvgIpc) is 2.93. The highest BCUT2D eigenvalue weighted by Crippen LogP contribution is 2.40.